The first-order chi connectivity index (χ1) is 5.85. The van der Waals surface area contributed by atoms with Crippen molar-refractivity contribution in [2.45, 2.75) is 13.3 Å². The molecule has 0 aliphatic carbocycles. The molecule has 0 rings (SSSR count). The number of hydrogen-bond acceptors (Lipinski definition) is 5. The van der Waals surface area contributed by atoms with Crippen molar-refractivity contribution >= 4 is 21.7 Å². The van der Waals surface area contributed by atoms with E-state index in [0.29, 0.717) is 0 Å². The average Bonchev–Trinajstić information content (AvgIpc) is 1.97. The van der Waals surface area contributed by atoms with Crippen molar-refractivity contribution in [2.75, 3.05) is 12.0 Å². The Kier molecular flexibility index (Phi) is 4.39. The molecule has 1 amide bonds. The van der Waals surface area contributed by atoms with E-state index in [1.807, 2.05) is 0 Å². The van der Waals surface area contributed by atoms with Crippen LogP contribution in [0.4, 0.5) is 0 Å². The third-order valence-corrected chi connectivity index (χ3v) is 1.74. The zero-order valence-electron chi connectivity index (χ0n) is 7.36. The molecule has 0 bridgehead atoms. The van der Waals surface area contributed by atoms with Crippen molar-refractivity contribution in [2.24, 2.45) is 0 Å². The predicted octanol–water partition coefficient (Wildman–Crippen LogP) is -0.985. The quantitative estimate of drug-likeness (QED) is 0.603. The van der Waals surface area contributed by atoms with E-state index in [-0.39, 0.29) is 6.42 Å². The highest BCUT2D eigenvalue weighted by Gasteiger charge is 2.13. The number of carbonyl (C=O) groups excluding carboxylic acids is 2. The summed E-state index contributed by atoms with van der Waals surface area (Å²) in [6, 6.07) is 0. The Balaban J connectivity index is 3.84. The lowest BCUT2D eigenvalue weighted by atomic mass is 10.5. The van der Waals surface area contributed by atoms with Crippen molar-refractivity contribution in [3.63, 3.8) is 0 Å². The van der Waals surface area contributed by atoms with Gasteiger partial charge in [-0.1, -0.05) is 6.92 Å². The monoisotopic (exact) mass is 209 g/mol. The van der Waals surface area contributed by atoms with Gasteiger partial charge in [-0.15, -0.1) is 0 Å². The molecule has 0 aromatic heterocycles. The zero-order valence-corrected chi connectivity index (χ0v) is 8.18. The van der Waals surface area contributed by atoms with Crippen molar-refractivity contribution in [3.8, 4) is 0 Å². The number of hydroxylamine groups is 1. The summed E-state index contributed by atoms with van der Waals surface area (Å²) in [5.74, 6) is -2.22. The van der Waals surface area contributed by atoms with Gasteiger partial charge in [-0.25, -0.2) is 13.2 Å². The van der Waals surface area contributed by atoms with Gasteiger partial charge in [-0.3, -0.25) is 4.79 Å². The number of carbonyl (C=O) groups is 2. The Hall–Kier alpha value is -1.11. The molecule has 6 nitrogen and oxygen atoms in total. The van der Waals surface area contributed by atoms with Crippen LogP contribution in [0.5, 0.6) is 0 Å². The second-order valence-corrected chi connectivity index (χ2v) is 4.56. The second kappa shape index (κ2) is 4.80. The summed E-state index contributed by atoms with van der Waals surface area (Å²) in [6.45, 7) is 1.57. The SMILES string of the molecule is CCC(=O)NOC(=O)CS(C)(=O)=O. The summed E-state index contributed by atoms with van der Waals surface area (Å²) < 4.78 is 21.1. The number of nitrogens with one attached hydrogen (secondary N) is 1. The van der Waals surface area contributed by atoms with Gasteiger partial charge in [0.1, 0.15) is 5.75 Å². The minimum absolute atomic E-state index is 0.159. The van der Waals surface area contributed by atoms with Gasteiger partial charge in [0.15, 0.2) is 9.84 Å². The minimum Gasteiger partial charge on any atom is -0.340 e. The Labute approximate surface area is 76.1 Å². The van der Waals surface area contributed by atoms with Crippen LogP contribution in [-0.2, 0) is 24.3 Å². The largest absolute Gasteiger partial charge is 0.347 e. The summed E-state index contributed by atoms with van der Waals surface area (Å²) in [5.41, 5.74) is 1.80. The molecule has 76 valence electrons. The number of rotatable bonds is 3. The molecule has 0 aliphatic rings. The van der Waals surface area contributed by atoms with E-state index in [2.05, 4.69) is 4.84 Å². The van der Waals surface area contributed by atoms with Crippen LogP contribution in [-0.4, -0.2) is 32.3 Å². The average molecular weight is 209 g/mol. The van der Waals surface area contributed by atoms with Crippen molar-refractivity contribution in [1.29, 1.82) is 0 Å². The van der Waals surface area contributed by atoms with E-state index in [1.165, 1.54) is 0 Å². The van der Waals surface area contributed by atoms with E-state index < -0.39 is 27.5 Å². The lowest BCUT2D eigenvalue weighted by molar-refractivity contribution is -0.155. The third kappa shape index (κ3) is 7.26. The first-order valence-corrected chi connectivity index (χ1v) is 5.57. The maximum atomic E-state index is 10.7. The maximum absolute atomic E-state index is 10.7. The van der Waals surface area contributed by atoms with Crippen molar-refractivity contribution in [3.05, 3.63) is 0 Å². The molecule has 0 fully saturated rings. The predicted molar refractivity (Wildman–Crippen MR) is 44.2 cm³/mol. The van der Waals surface area contributed by atoms with Gasteiger partial charge in [0.25, 0.3) is 5.91 Å². The van der Waals surface area contributed by atoms with E-state index in [9.17, 15) is 18.0 Å². The first kappa shape index (κ1) is 11.9. The second-order valence-electron chi connectivity index (χ2n) is 2.42. The molecular formula is C6H11NO5S. The van der Waals surface area contributed by atoms with Crippen LogP contribution < -0.4 is 5.48 Å². The van der Waals surface area contributed by atoms with Crippen molar-refractivity contribution < 1.29 is 22.8 Å². The molecule has 0 saturated heterocycles. The van der Waals surface area contributed by atoms with Gasteiger partial charge in [0.05, 0.1) is 0 Å². The molecule has 0 heterocycles. The van der Waals surface area contributed by atoms with Gasteiger partial charge < -0.3 is 4.84 Å². The van der Waals surface area contributed by atoms with Gasteiger partial charge in [0, 0.05) is 12.7 Å². The molecule has 1 N–H and O–H groups in total. The zero-order chi connectivity index (χ0) is 10.5. The molecule has 7 heteroatoms. The highest BCUT2D eigenvalue weighted by Crippen LogP contribution is 1.85. The molecule has 0 aromatic rings. The third-order valence-electron chi connectivity index (χ3n) is 0.980. The highest BCUT2D eigenvalue weighted by atomic mass is 32.2. The Morgan fingerprint density at radius 2 is 1.92 bits per heavy atom. The number of amides is 1. The first-order valence-electron chi connectivity index (χ1n) is 3.51. The number of sulfone groups is 1. The molecule has 0 radical (unpaired) electrons. The van der Waals surface area contributed by atoms with E-state index in [0.717, 1.165) is 6.26 Å². The fraction of sp³-hybridized carbons (Fsp3) is 0.667. The molecular weight excluding hydrogens is 198 g/mol. The van der Waals surface area contributed by atoms with Crippen LogP contribution in [0.2, 0.25) is 0 Å². The van der Waals surface area contributed by atoms with E-state index >= 15 is 0 Å². The molecule has 0 unspecified atom stereocenters. The topological polar surface area (TPSA) is 89.5 Å². The van der Waals surface area contributed by atoms with Crippen LogP contribution in [0.3, 0.4) is 0 Å². The summed E-state index contributed by atoms with van der Waals surface area (Å²) in [4.78, 5) is 25.4. The van der Waals surface area contributed by atoms with Gasteiger partial charge in [0.2, 0.25) is 0 Å². The van der Waals surface area contributed by atoms with Crippen LogP contribution in [0, 0.1) is 0 Å². The smallest absolute Gasteiger partial charge is 0.340 e. The van der Waals surface area contributed by atoms with Gasteiger partial charge in [-0.05, 0) is 0 Å². The van der Waals surface area contributed by atoms with Crippen LogP contribution in [0.25, 0.3) is 0 Å². The minimum atomic E-state index is -3.40. The molecule has 0 atom stereocenters. The standard InChI is InChI=1S/C6H11NO5S/c1-3-5(8)7-12-6(9)4-13(2,10)11/h3-4H2,1-2H3,(H,7,8). The molecule has 0 aromatic carbocycles. The van der Waals surface area contributed by atoms with Crippen molar-refractivity contribution in [1.82, 2.24) is 5.48 Å². The van der Waals surface area contributed by atoms with Gasteiger partial charge in [-0.2, -0.15) is 5.48 Å². The normalized spacial score (nSPS) is 10.6. The molecule has 0 spiro atoms. The van der Waals surface area contributed by atoms with Crippen LogP contribution in [0.1, 0.15) is 13.3 Å². The summed E-state index contributed by atoms with van der Waals surface area (Å²) in [5, 5.41) is 0. The fourth-order valence-corrected chi connectivity index (χ4v) is 0.917. The summed E-state index contributed by atoms with van der Waals surface area (Å²) in [7, 11) is -3.40. The van der Waals surface area contributed by atoms with Crippen LogP contribution >= 0.6 is 0 Å². The van der Waals surface area contributed by atoms with E-state index in [1.54, 1.807) is 12.4 Å². The highest BCUT2D eigenvalue weighted by molar-refractivity contribution is 7.91. The lowest BCUT2D eigenvalue weighted by Gasteiger charge is -2.02. The van der Waals surface area contributed by atoms with Crippen LogP contribution in [0.15, 0.2) is 0 Å². The Morgan fingerprint density at radius 1 is 1.38 bits per heavy atom. The maximum Gasteiger partial charge on any atom is 0.347 e. The Bertz CT molecular complexity index is 294. The van der Waals surface area contributed by atoms with Gasteiger partial charge >= 0.3 is 5.97 Å². The summed E-state index contributed by atoms with van der Waals surface area (Å²) >= 11 is 0. The Morgan fingerprint density at radius 3 is 2.31 bits per heavy atom. The lowest BCUT2D eigenvalue weighted by Crippen LogP contribution is -2.29. The molecule has 0 aliphatic heterocycles. The fourth-order valence-electron chi connectivity index (χ4n) is 0.430. The van der Waals surface area contributed by atoms with E-state index in [4.69, 9.17) is 0 Å². The molecule has 13 heavy (non-hydrogen) atoms. The molecule has 0 saturated carbocycles. The number of hydrogen-bond donors (Lipinski definition) is 1. The summed E-state index contributed by atoms with van der Waals surface area (Å²) in [6.07, 6.45) is 1.06.